The van der Waals surface area contributed by atoms with Crippen LogP contribution in [0.25, 0.3) is 0 Å². The van der Waals surface area contributed by atoms with Gasteiger partial charge >= 0.3 is 12.0 Å². The zero-order valence-corrected chi connectivity index (χ0v) is 12.8. The molecule has 0 bridgehead atoms. The number of nitrogens with zero attached hydrogens (tertiary/aromatic N) is 3. The molecule has 0 aliphatic carbocycles. The van der Waals surface area contributed by atoms with Gasteiger partial charge in [-0.15, -0.1) is 0 Å². The van der Waals surface area contributed by atoms with Gasteiger partial charge in [-0.3, -0.25) is 19.4 Å². The summed E-state index contributed by atoms with van der Waals surface area (Å²) >= 11 is 0. The minimum atomic E-state index is -1.42. The second-order valence-corrected chi connectivity index (χ2v) is 5.29. The van der Waals surface area contributed by atoms with E-state index < -0.39 is 35.5 Å². The van der Waals surface area contributed by atoms with Crippen LogP contribution in [0.2, 0.25) is 0 Å². The Morgan fingerprint density at radius 2 is 2.14 bits per heavy atom. The highest BCUT2D eigenvalue weighted by molar-refractivity contribution is 6.01. The lowest BCUT2D eigenvalue weighted by Gasteiger charge is -2.51. The summed E-state index contributed by atoms with van der Waals surface area (Å²) in [5, 5.41) is 9.10. The van der Waals surface area contributed by atoms with E-state index in [1.807, 2.05) is 6.07 Å². The van der Waals surface area contributed by atoms with Gasteiger partial charge in [0.15, 0.2) is 11.5 Å². The maximum Gasteiger partial charge on any atom is 0.329 e. The molecule has 2 heterocycles. The number of carbonyl (C=O) groups excluding carboxylic acids is 3. The predicted molar refractivity (Wildman–Crippen MR) is 72.7 cm³/mol. The van der Waals surface area contributed by atoms with Gasteiger partial charge in [-0.2, -0.15) is 5.26 Å². The molecule has 3 amide bonds. The number of ether oxygens (including phenoxy) is 2. The van der Waals surface area contributed by atoms with Crippen molar-refractivity contribution in [3.63, 3.8) is 0 Å². The van der Waals surface area contributed by atoms with Gasteiger partial charge in [-0.05, 0) is 19.9 Å². The Morgan fingerprint density at radius 1 is 1.50 bits per heavy atom. The molecule has 3 atom stereocenters. The first-order chi connectivity index (χ1) is 10.3. The summed E-state index contributed by atoms with van der Waals surface area (Å²) in [4.78, 5) is 39.0. The van der Waals surface area contributed by atoms with Crippen LogP contribution in [-0.4, -0.2) is 54.1 Å². The summed E-state index contributed by atoms with van der Waals surface area (Å²) in [5.74, 6) is -3.25. The molecule has 0 aromatic carbocycles. The number of amides is 3. The van der Waals surface area contributed by atoms with E-state index in [1.54, 1.807) is 6.92 Å². The highest BCUT2D eigenvalue weighted by Gasteiger charge is 2.60. The summed E-state index contributed by atoms with van der Waals surface area (Å²) < 4.78 is 10.5. The van der Waals surface area contributed by atoms with Crippen LogP contribution < -0.4 is 0 Å². The molecule has 0 aromatic rings. The van der Waals surface area contributed by atoms with Crippen molar-refractivity contribution in [2.24, 2.45) is 11.8 Å². The van der Waals surface area contributed by atoms with Gasteiger partial charge in [-0.25, -0.2) is 4.79 Å². The lowest BCUT2D eigenvalue weighted by Crippen LogP contribution is -2.69. The lowest BCUT2D eigenvalue weighted by atomic mass is 9.78. The van der Waals surface area contributed by atoms with E-state index in [1.165, 1.54) is 32.0 Å². The monoisotopic (exact) mass is 307 g/mol. The number of hydrogen-bond donors (Lipinski definition) is 0. The lowest BCUT2D eigenvalue weighted by molar-refractivity contribution is -0.190. The number of urea groups is 1. The molecule has 2 rings (SSSR count). The van der Waals surface area contributed by atoms with Crippen LogP contribution in [0.1, 0.15) is 13.8 Å². The molecule has 1 saturated heterocycles. The Kier molecular flexibility index (Phi) is 3.83. The molecule has 8 nitrogen and oxygen atoms in total. The van der Waals surface area contributed by atoms with Gasteiger partial charge < -0.3 is 9.47 Å². The smallest absolute Gasteiger partial charge is 0.329 e. The molecule has 2 aliphatic rings. The molecule has 0 saturated carbocycles. The first-order valence-corrected chi connectivity index (χ1v) is 6.80. The third-order valence-corrected chi connectivity index (χ3v) is 4.09. The maximum absolute atomic E-state index is 12.5. The van der Waals surface area contributed by atoms with Crippen LogP contribution in [0.15, 0.2) is 11.8 Å². The third kappa shape index (κ3) is 2.09. The van der Waals surface area contributed by atoms with Crippen molar-refractivity contribution in [2.75, 3.05) is 20.7 Å². The van der Waals surface area contributed by atoms with Crippen molar-refractivity contribution >= 4 is 17.9 Å². The molecule has 118 valence electrons. The minimum absolute atomic E-state index is 0.117. The number of allylic oxidation sites excluding steroid dienone is 1. The van der Waals surface area contributed by atoms with Crippen LogP contribution in [0, 0.1) is 23.2 Å². The molecule has 0 N–H and O–H groups in total. The van der Waals surface area contributed by atoms with Gasteiger partial charge in [0.05, 0.1) is 12.5 Å². The molecule has 22 heavy (non-hydrogen) atoms. The van der Waals surface area contributed by atoms with E-state index in [0.29, 0.717) is 0 Å². The van der Waals surface area contributed by atoms with Gasteiger partial charge in [0.25, 0.3) is 0 Å². The number of carbonyl (C=O) groups is 3. The number of hydrogen-bond acceptors (Lipinski definition) is 6. The molecule has 1 fully saturated rings. The average Bonchev–Trinajstić information content (AvgIpc) is 2.50. The first-order valence-electron chi connectivity index (χ1n) is 6.80. The van der Waals surface area contributed by atoms with Gasteiger partial charge in [-0.1, -0.05) is 0 Å². The van der Waals surface area contributed by atoms with E-state index in [0.717, 1.165) is 4.90 Å². The Hall–Kier alpha value is -2.56. The van der Waals surface area contributed by atoms with Crippen molar-refractivity contribution in [3.05, 3.63) is 11.8 Å². The van der Waals surface area contributed by atoms with E-state index in [2.05, 4.69) is 0 Å². The van der Waals surface area contributed by atoms with E-state index in [4.69, 9.17) is 14.7 Å². The van der Waals surface area contributed by atoms with Crippen LogP contribution >= 0.6 is 0 Å². The topological polar surface area (TPSA) is 99.9 Å². The second kappa shape index (κ2) is 5.33. The SMILES string of the molecule is CCOC(=O)[C@H]1C=C(C#N)O[C@@]2(C)[C@@H]1C(=O)N(C)C(=O)N2C. The van der Waals surface area contributed by atoms with Crippen molar-refractivity contribution in [1.29, 1.82) is 5.26 Å². The van der Waals surface area contributed by atoms with E-state index in [9.17, 15) is 14.4 Å². The zero-order chi connectivity index (χ0) is 16.7. The highest BCUT2D eigenvalue weighted by atomic mass is 16.5. The predicted octanol–water partition coefficient (Wildman–Crippen LogP) is 0.460. The van der Waals surface area contributed by atoms with Crippen molar-refractivity contribution in [1.82, 2.24) is 9.80 Å². The number of rotatable bonds is 2. The van der Waals surface area contributed by atoms with Crippen molar-refractivity contribution in [3.8, 4) is 6.07 Å². The Balaban J connectivity index is 2.56. The number of nitriles is 1. The molecule has 0 radical (unpaired) electrons. The Labute approximate surface area is 127 Å². The molecular formula is C14H17N3O5. The van der Waals surface area contributed by atoms with Crippen molar-refractivity contribution in [2.45, 2.75) is 19.6 Å². The van der Waals surface area contributed by atoms with Crippen molar-refractivity contribution < 1.29 is 23.9 Å². The zero-order valence-electron chi connectivity index (χ0n) is 12.8. The van der Waals surface area contributed by atoms with Crippen LogP contribution in [0.3, 0.4) is 0 Å². The van der Waals surface area contributed by atoms with Gasteiger partial charge in [0.2, 0.25) is 5.91 Å². The quantitative estimate of drug-likeness (QED) is 0.687. The normalized spacial score (nSPS) is 31.0. The summed E-state index contributed by atoms with van der Waals surface area (Å²) in [5.41, 5.74) is -1.42. The standard InChI is InChI=1S/C14H17N3O5/c1-5-21-12(19)9-6-8(7-15)22-14(2)10(9)11(18)16(3)13(20)17(14)4/h6,9-10H,5H2,1-4H3/t9-,10-,14-/m0/s1. The van der Waals surface area contributed by atoms with E-state index >= 15 is 0 Å². The van der Waals surface area contributed by atoms with Crippen LogP contribution in [-0.2, 0) is 19.1 Å². The fraction of sp³-hybridized carbons (Fsp3) is 0.571. The number of fused-ring (bicyclic) bond motifs is 1. The van der Waals surface area contributed by atoms with E-state index in [-0.39, 0.29) is 12.4 Å². The Bertz CT molecular complexity index is 608. The molecule has 0 unspecified atom stereocenters. The largest absolute Gasteiger partial charge is 0.466 e. The van der Waals surface area contributed by atoms with Crippen LogP contribution in [0.4, 0.5) is 4.79 Å². The fourth-order valence-corrected chi connectivity index (χ4v) is 2.79. The van der Waals surface area contributed by atoms with Gasteiger partial charge in [0, 0.05) is 14.1 Å². The minimum Gasteiger partial charge on any atom is -0.466 e. The summed E-state index contributed by atoms with van der Waals surface area (Å²) in [6.07, 6.45) is 1.28. The molecule has 0 aromatic heterocycles. The summed E-state index contributed by atoms with van der Waals surface area (Å²) in [6.45, 7) is 3.31. The maximum atomic E-state index is 12.5. The first kappa shape index (κ1) is 15.8. The molecule has 0 spiro atoms. The molecule has 2 aliphatic heterocycles. The van der Waals surface area contributed by atoms with Gasteiger partial charge in [0.1, 0.15) is 12.0 Å². The number of imide groups is 1. The van der Waals surface area contributed by atoms with Crippen LogP contribution in [0.5, 0.6) is 0 Å². The molecular weight excluding hydrogens is 290 g/mol. The second-order valence-electron chi connectivity index (χ2n) is 5.29. The Morgan fingerprint density at radius 3 is 2.68 bits per heavy atom. The molecule has 8 heteroatoms. The average molecular weight is 307 g/mol. The third-order valence-electron chi connectivity index (χ3n) is 4.09. The summed E-state index contributed by atoms with van der Waals surface area (Å²) in [7, 11) is 2.80. The fourth-order valence-electron chi connectivity index (χ4n) is 2.79. The highest BCUT2D eigenvalue weighted by Crippen LogP contribution is 2.43. The summed E-state index contributed by atoms with van der Waals surface area (Å²) in [6, 6.07) is 1.25. The number of esters is 1.